The molecule has 10 nitrogen and oxygen atoms in total. The molecule has 1 saturated heterocycles. The SMILES string of the molecule is CC(C)(C)C(=O)OC[C@@H]1O[C@H](N)[C@H](OC(=O)C(C)(C)C)[C@@H](OC(=O)C(C)(C)C)[C@H]1OC(=O)C(C)(C)C. The van der Waals surface area contributed by atoms with Gasteiger partial charge in [0.1, 0.15) is 18.9 Å². The fourth-order valence-electron chi connectivity index (χ4n) is 2.76. The third-order valence-corrected chi connectivity index (χ3v) is 5.23. The smallest absolute Gasteiger partial charge is 0.311 e. The summed E-state index contributed by atoms with van der Waals surface area (Å²) < 4.78 is 28.5. The van der Waals surface area contributed by atoms with Gasteiger partial charge in [0.15, 0.2) is 18.3 Å². The van der Waals surface area contributed by atoms with Crippen molar-refractivity contribution in [3.63, 3.8) is 0 Å². The first-order chi connectivity index (χ1) is 16.0. The quantitative estimate of drug-likeness (QED) is 0.429. The van der Waals surface area contributed by atoms with E-state index in [2.05, 4.69) is 0 Å². The predicted molar refractivity (Wildman–Crippen MR) is 131 cm³/mol. The molecule has 1 aliphatic heterocycles. The second kappa shape index (κ2) is 11.0. The van der Waals surface area contributed by atoms with Crippen molar-refractivity contribution in [1.82, 2.24) is 0 Å². The van der Waals surface area contributed by atoms with Gasteiger partial charge in [0, 0.05) is 0 Å². The fraction of sp³-hybridized carbons (Fsp3) is 0.846. The van der Waals surface area contributed by atoms with Crippen LogP contribution in [0.5, 0.6) is 0 Å². The number of carbonyl (C=O) groups is 4. The van der Waals surface area contributed by atoms with Crippen molar-refractivity contribution in [2.45, 2.75) is 114 Å². The van der Waals surface area contributed by atoms with E-state index in [9.17, 15) is 19.2 Å². The Morgan fingerprint density at radius 1 is 0.583 bits per heavy atom. The van der Waals surface area contributed by atoms with Gasteiger partial charge >= 0.3 is 23.9 Å². The first-order valence-electron chi connectivity index (χ1n) is 12.2. The van der Waals surface area contributed by atoms with E-state index < -0.39 is 76.2 Å². The standard InChI is InChI=1S/C26H45NO9/c1-23(2,3)19(28)32-13-14-15(34-20(29)24(4,5)6)16(35-21(30)25(7,8)9)17(18(27)33-14)36-22(31)26(10,11)12/h14-18H,13,27H2,1-12H3/t14-,15-,16-,17+,18-/m0/s1. The van der Waals surface area contributed by atoms with Crippen LogP contribution in [0.1, 0.15) is 83.1 Å². The molecule has 1 heterocycles. The highest BCUT2D eigenvalue weighted by molar-refractivity contribution is 5.78. The molecule has 2 N–H and O–H groups in total. The van der Waals surface area contributed by atoms with Crippen LogP contribution >= 0.6 is 0 Å². The van der Waals surface area contributed by atoms with Gasteiger partial charge in [0.2, 0.25) is 0 Å². The van der Waals surface area contributed by atoms with Gasteiger partial charge in [-0.3, -0.25) is 19.2 Å². The molecule has 1 fully saturated rings. The number of carbonyl (C=O) groups excluding carboxylic acids is 4. The average molecular weight is 516 g/mol. The van der Waals surface area contributed by atoms with Gasteiger partial charge in [-0.25, -0.2) is 0 Å². The Bertz CT molecular complexity index is 824. The molecular weight excluding hydrogens is 470 g/mol. The van der Waals surface area contributed by atoms with Crippen LogP contribution in [0.25, 0.3) is 0 Å². The van der Waals surface area contributed by atoms with E-state index >= 15 is 0 Å². The van der Waals surface area contributed by atoms with Crippen LogP contribution < -0.4 is 5.73 Å². The van der Waals surface area contributed by atoms with E-state index in [0.717, 1.165) is 0 Å². The van der Waals surface area contributed by atoms with E-state index in [0.29, 0.717) is 0 Å². The zero-order valence-corrected chi connectivity index (χ0v) is 23.8. The molecule has 0 aromatic carbocycles. The minimum absolute atomic E-state index is 0.324. The van der Waals surface area contributed by atoms with Crippen LogP contribution in [-0.2, 0) is 42.9 Å². The zero-order chi connectivity index (χ0) is 28.4. The van der Waals surface area contributed by atoms with E-state index in [-0.39, 0.29) is 6.61 Å². The number of rotatable bonds is 5. The molecule has 0 radical (unpaired) electrons. The third kappa shape index (κ3) is 8.73. The summed E-state index contributed by atoms with van der Waals surface area (Å²) in [6.07, 6.45) is -6.20. The Labute approximate surface area is 214 Å². The summed E-state index contributed by atoms with van der Waals surface area (Å²) in [5.74, 6) is -2.36. The summed E-state index contributed by atoms with van der Waals surface area (Å²) in [4.78, 5) is 51.0. The highest BCUT2D eigenvalue weighted by Gasteiger charge is 2.53. The first kappa shape index (κ1) is 31.8. The molecule has 36 heavy (non-hydrogen) atoms. The molecule has 0 aliphatic carbocycles. The minimum atomic E-state index is -1.31. The van der Waals surface area contributed by atoms with E-state index in [1.807, 2.05) is 0 Å². The third-order valence-electron chi connectivity index (χ3n) is 5.23. The molecule has 1 rings (SSSR count). The van der Waals surface area contributed by atoms with Crippen LogP contribution in [0.15, 0.2) is 0 Å². The number of nitrogens with two attached hydrogens (primary N) is 1. The second-order valence-corrected chi connectivity index (χ2v) is 13.3. The summed E-state index contributed by atoms with van der Waals surface area (Å²) in [6, 6.07) is 0. The molecule has 10 heteroatoms. The molecular formula is C26H45NO9. The highest BCUT2D eigenvalue weighted by atomic mass is 16.7. The van der Waals surface area contributed by atoms with Gasteiger partial charge in [0.25, 0.3) is 0 Å². The Hall–Kier alpha value is -2.20. The summed E-state index contributed by atoms with van der Waals surface area (Å²) in [7, 11) is 0. The molecule has 0 amide bonds. The van der Waals surface area contributed by atoms with E-state index in [4.69, 9.17) is 29.4 Å². The lowest BCUT2D eigenvalue weighted by Crippen LogP contribution is -2.65. The molecule has 0 saturated carbocycles. The molecule has 0 unspecified atom stereocenters. The lowest BCUT2D eigenvalue weighted by Gasteiger charge is -2.45. The van der Waals surface area contributed by atoms with Gasteiger partial charge < -0.3 is 29.4 Å². The average Bonchev–Trinajstić information content (AvgIpc) is 2.67. The summed E-state index contributed by atoms with van der Waals surface area (Å²) in [6.45, 7) is 19.7. The number of esters is 4. The minimum Gasteiger partial charge on any atom is -0.462 e. The molecule has 1 aliphatic rings. The van der Waals surface area contributed by atoms with Gasteiger partial charge in [-0.05, 0) is 83.1 Å². The maximum absolute atomic E-state index is 12.9. The fourth-order valence-corrected chi connectivity index (χ4v) is 2.76. The normalized spacial score (nSPS) is 25.5. The van der Waals surface area contributed by atoms with Gasteiger partial charge in [-0.2, -0.15) is 0 Å². The maximum Gasteiger partial charge on any atom is 0.311 e. The first-order valence-corrected chi connectivity index (χ1v) is 12.2. The number of hydrogen-bond acceptors (Lipinski definition) is 10. The van der Waals surface area contributed by atoms with Crippen LogP contribution in [0.3, 0.4) is 0 Å². The predicted octanol–water partition coefficient (Wildman–Crippen LogP) is 3.13. The Morgan fingerprint density at radius 3 is 1.28 bits per heavy atom. The molecule has 0 bridgehead atoms. The second-order valence-electron chi connectivity index (χ2n) is 13.3. The topological polar surface area (TPSA) is 140 Å². The van der Waals surface area contributed by atoms with Gasteiger partial charge in [-0.15, -0.1) is 0 Å². The van der Waals surface area contributed by atoms with Crippen molar-refractivity contribution in [3.8, 4) is 0 Å². The van der Waals surface area contributed by atoms with Crippen LogP contribution in [0.2, 0.25) is 0 Å². The van der Waals surface area contributed by atoms with Crippen molar-refractivity contribution < 1.29 is 42.9 Å². The number of hydrogen-bond donors (Lipinski definition) is 1. The Morgan fingerprint density at radius 2 is 0.917 bits per heavy atom. The molecule has 0 spiro atoms. The van der Waals surface area contributed by atoms with E-state index in [1.54, 1.807) is 83.1 Å². The largest absolute Gasteiger partial charge is 0.462 e. The molecule has 208 valence electrons. The Kier molecular flexibility index (Phi) is 9.77. The van der Waals surface area contributed by atoms with Crippen LogP contribution in [-0.4, -0.2) is 61.1 Å². The van der Waals surface area contributed by atoms with Crippen LogP contribution in [0.4, 0.5) is 0 Å². The lowest BCUT2D eigenvalue weighted by molar-refractivity contribution is -0.259. The van der Waals surface area contributed by atoms with Crippen LogP contribution in [0, 0.1) is 21.7 Å². The lowest BCUT2D eigenvalue weighted by atomic mass is 9.92. The Balaban J connectivity index is 3.50. The zero-order valence-electron chi connectivity index (χ0n) is 23.8. The highest BCUT2D eigenvalue weighted by Crippen LogP contribution is 2.32. The summed E-state index contributed by atoms with van der Waals surface area (Å²) >= 11 is 0. The van der Waals surface area contributed by atoms with Crippen molar-refractivity contribution >= 4 is 23.9 Å². The van der Waals surface area contributed by atoms with Crippen molar-refractivity contribution in [2.24, 2.45) is 27.4 Å². The van der Waals surface area contributed by atoms with Gasteiger partial charge in [-0.1, -0.05) is 0 Å². The molecule has 0 aromatic rings. The molecule has 0 aromatic heterocycles. The summed E-state index contributed by atoms with van der Waals surface area (Å²) in [5.41, 5.74) is 2.71. The van der Waals surface area contributed by atoms with Gasteiger partial charge in [0.05, 0.1) is 21.7 Å². The number of ether oxygens (including phenoxy) is 5. The van der Waals surface area contributed by atoms with Crippen molar-refractivity contribution in [2.75, 3.05) is 6.61 Å². The van der Waals surface area contributed by atoms with Crippen molar-refractivity contribution in [1.29, 1.82) is 0 Å². The molecule has 5 atom stereocenters. The maximum atomic E-state index is 12.9. The van der Waals surface area contributed by atoms with Crippen molar-refractivity contribution in [3.05, 3.63) is 0 Å². The summed E-state index contributed by atoms with van der Waals surface area (Å²) in [5, 5.41) is 0. The van der Waals surface area contributed by atoms with E-state index in [1.165, 1.54) is 0 Å². The monoisotopic (exact) mass is 515 g/mol.